The summed E-state index contributed by atoms with van der Waals surface area (Å²) in [4.78, 5) is 27.5. The zero-order chi connectivity index (χ0) is 29.9. The van der Waals surface area contributed by atoms with E-state index in [1.165, 1.54) is 4.90 Å². The molecule has 1 aliphatic rings. The zero-order valence-electron chi connectivity index (χ0n) is 26.5. The number of pyridine rings is 1. The van der Waals surface area contributed by atoms with E-state index in [0.29, 0.717) is 0 Å². The topological polar surface area (TPSA) is 74.6 Å². The molecule has 2 N–H and O–H groups in total. The molecular weight excluding hydrogens is 369 g/mol. The molecule has 2 unspecified atom stereocenters. The first-order valence-electron chi connectivity index (χ1n) is 14.1. The Kier molecular flexibility index (Phi) is 2.96. The van der Waals surface area contributed by atoms with Crippen LogP contribution < -0.4 is 10.9 Å². The van der Waals surface area contributed by atoms with E-state index in [2.05, 4.69) is 5.11 Å². The standard InChI is InChI=1S/C19H26FN3O3S/c1-12(2)23-18(26)15(16(24)13-11-14(20)27-19(13)23)17(25)21-7-6-10-22-8-4-3-5-9-22/h11-12,24H,3-10H2,1-2H3,(H,21,25)/i1D3,3D2,7D,10D2,11D,12D/hD2. The second-order valence-electron chi connectivity index (χ2n) is 5.83. The minimum absolute atomic E-state index is 0.0179. The van der Waals surface area contributed by atoms with Crippen LogP contribution in [0.15, 0.2) is 10.8 Å². The van der Waals surface area contributed by atoms with Crippen LogP contribution in [0.5, 0.6) is 5.75 Å². The molecule has 0 aromatic carbocycles. The number of thiophene rings is 1. The number of nitrogens with zero attached hydrogens (tertiary/aromatic N) is 2. The predicted octanol–water partition coefficient (Wildman–Crippen LogP) is 3.09. The molecule has 1 amide bonds. The minimum atomic E-state index is -3.20. The molecular formula is C19H26FN3O3S. The van der Waals surface area contributed by atoms with Crippen molar-refractivity contribution in [1.29, 1.82) is 1.43 Å². The summed E-state index contributed by atoms with van der Waals surface area (Å²) in [5, 5.41) is 2.45. The normalized spacial score (nSPS) is 28.1. The van der Waals surface area contributed by atoms with Crippen molar-refractivity contribution in [2.75, 3.05) is 26.1 Å². The summed E-state index contributed by atoms with van der Waals surface area (Å²) in [6.07, 6.45) is -2.18. The molecule has 3 rings (SSSR count). The summed E-state index contributed by atoms with van der Waals surface area (Å²) in [6.45, 7) is -6.57. The maximum Gasteiger partial charge on any atom is 0.293 e. The highest BCUT2D eigenvalue weighted by Gasteiger charge is 2.25. The van der Waals surface area contributed by atoms with Crippen molar-refractivity contribution in [2.45, 2.75) is 45.4 Å². The van der Waals surface area contributed by atoms with Crippen molar-refractivity contribution >= 4 is 27.5 Å². The largest absolute Gasteiger partial charge is 0.506 e. The van der Waals surface area contributed by atoms with Crippen molar-refractivity contribution in [1.82, 2.24) is 14.8 Å². The number of aromatic hydroxyl groups is 1. The number of rotatable bonds is 7. The van der Waals surface area contributed by atoms with Crippen LogP contribution in [0.2, 0.25) is 1.41 Å². The lowest BCUT2D eigenvalue weighted by Gasteiger charge is -2.26. The third-order valence-corrected chi connectivity index (χ3v) is 4.84. The van der Waals surface area contributed by atoms with Crippen molar-refractivity contribution in [3.63, 3.8) is 0 Å². The highest BCUT2D eigenvalue weighted by molar-refractivity contribution is 7.17. The van der Waals surface area contributed by atoms with Crippen LogP contribution in [0.1, 0.15) is 69.5 Å². The number of carbonyl (C=O) groups is 1. The van der Waals surface area contributed by atoms with Crippen molar-refractivity contribution < 1.29 is 29.4 Å². The number of likely N-dealkylation sites (tertiary alicyclic amines) is 1. The van der Waals surface area contributed by atoms with Crippen molar-refractivity contribution in [3.8, 4) is 5.75 Å². The SMILES string of the molecule is [2H]Oc1c(C(=O)N([2H])C([2H])CC([2H])([2H])N2CCC([2H])([2H])CC2)c(=O)n(C([2H])(C)C([2H])([2H])[2H])c2sc(F)c([2H])c12. The Balaban J connectivity index is 2.09. The Morgan fingerprint density at radius 2 is 2.48 bits per heavy atom. The highest BCUT2D eigenvalue weighted by atomic mass is 32.1. The van der Waals surface area contributed by atoms with E-state index in [0.717, 1.165) is 6.92 Å². The molecule has 2 atom stereocenters. The molecule has 3 heterocycles. The third kappa shape index (κ3) is 4.16. The molecule has 1 saturated heterocycles. The summed E-state index contributed by atoms with van der Waals surface area (Å²) in [5.74, 6) is -2.58. The number of hydrogen-bond donors (Lipinski definition) is 2. The average molecular weight is 408 g/mol. The molecule has 2 aromatic heterocycles. The monoisotopic (exact) mass is 407 g/mol. The van der Waals surface area contributed by atoms with Crippen LogP contribution in [0.25, 0.3) is 10.2 Å². The van der Waals surface area contributed by atoms with Crippen LogP contribution in [-0.4, -0.2) is 48.0 Å². The van der Waals surface area contributed by atoms with E-state index in [-0.39, 0.29) is 47.1 Å². The Morgan fingerprint density at radius 1 is 1.70 bits per heavy atom. The second-order valence-corrected chi connectivity index (χ2v) is 6.78. The van der Waals surface area contributed by atoms with Crippen LogP contribution in [0, 0.1) is 5.13 Å². The van der Waals surface area contributed by atoms with Gasteiger partial charge in [-0.25, -0.2) is 0 Å². The Bertz CT molecular complexity index is 1320. The van der Waals surface area contributed by atoms with Gasteiger partial charge in [-0.3, -0.25) is 14.2 Å². The molecule has 0 radical (unpaired) electrons. The van der Waals surface area contributed by atoms with Crippen molar-refractivity contribution in [2.24, 2.45) is 0 Å². The first-order valence-corrected chi connectivity index (χ1v) is 9.00. The molecule has 27 heavy (non-hydrogen) atoms. The summed E-state index contributed by atoms with van der Waals surface area (Å²) < 4.78 is 110. The van der Waals surface area contributed by atoms with Gasteiger partial charge < -0.3 is 15.3 Å². The van der Waals surface area contributed by atoms with Gasteiger partial charge in [-0.15, -0.1) is 0 Å². The lowest BCUT2D eigenvalue weighted by atomic mass is 10.1. The van der Waals surface area contributed by atoms with Crippen LogP contribution >= 0.6 is 11.3 Å². The number of amides is 1. The average Bonchev–Trinajstić information content (AvgIpc) is 3.09. The Labute approximate surface area is 178 Å². The first kappa shape index (κ1) is 9.52. The van der Waals surface area contributed by atoms with Gasteiger partial charge in [0.2, 0.25) is 0 Å². The summed E-state index contributed by atoms with van der Waals surface area (Å²) >= 11 is 0.136. The molecule has 6 nitrogen and oxygen atoms in total. The minimum Gasteiger partial charge on any atom is -0.506 e. The molecule has 0 bridgehead atoms. The van der Waals surface area contributed by atoms with Gasteiger partial charge in [0, 0.05) is 23.5 Å². The van der Waals surface area contributed by atoms with Crippen LogP contribution in [0.3, 0.4) is 0 Å². The summed E-state index contributed by atoms with van der Waals surface area (Å²) in [7, 11) is 0. The lowest BCUT2D eigenvalue weighted by molar-refractivity contribution is 0.0946. The number of piperidine rings is 1. The molecule has 0 spiro atoms. The first-order chi connectivity index (χ1) is 17.7. The van der Waals surface area contributed by atoms with E-state index in [9.17, 15) is 14.0 Å². The molecule has 1 aliphatic heterocycles. The molecule has 8 heteroatoms. The third-order valence-electron chi connectivity index (χ3n) is 3.98. The van der Waals surface area contributed by atoms with Crippen LogP contribution in [0.4, 0.5) is 4.39 Å². The molecule has 0 saturated carbocycles. The number of carbonyl (C=O) groups excluding carboxylic acids is 1. The molecule has 2 aromatic rings. The predicted molar refractivity (Wildman–Crippen MR) is 105 cm³/mol. The number of fused-ring (bicyclic) bond motifs is 1. The lowest BCUT2D eigenvalue weighted by Crippen LogP contribution is -2.36. The highest BCUT2D eigenvalue weighted by Crippen LogP contribution is 2.33. The maximum absolute atomic E-state index is 14.4. The zero-order valence-corrected chi connectivity index (χ0v) is 15.3. The van der Waals surface area contributed by atoms with E-state index >= 15 is 0 Å². The Morgan fingerprint density at radius 3 is 3.19 bits per heavy atom. The second kappa shape index (κ2) is 8.39. The van der Waals surface area contributed by atoms with Gasteiger partial charge in [0.15, 0.2) is 6.54 Å². The van der Waals surface area contributed by atoms with Gasteiger partial charge in [0.1, 0.15) is 16.1 Å². The van der Waals surface area contributed by atoms with Gasteiger partial charge in [-0.05, 0) is 58.7 Å². The Hall–Kier alpha value is -1.93. The van der Waals surface area contributed by atoms with E-state index in [1.807, 2.05) is 0 Å². The van der Waals surface area contributed by atoms with E-state index in [4.69, 9.17) is 16.6 Å². The smallest absolute Gasteiger partial charge is 0.293 e. The molecule has 1 fully saturated rings. The van der Waals surface area contributed by atoms with Gasteiger partial charge in [-0.1, -0.05) is 17.7 Å². The van der Waals surface area contributed by atoms with Gasteiger partial charge >= 0.3 is 0 Å². The van der Waals surface area contributed by atoms with Gasteiger partial charge in [-0.2, -0.15) is 4.39 Å². The number of hydrogen-bond acceptors (Lipinski definition) is 5. The summed E-state index contributed by atoms with van der Waals surface area (Å²) in [6, 6.07) is -3.74. The van der Waals surface area contributed by atoms with Crippen molar-refractivity contribution in [3.05, 3.63) is 27.1 Å². The number of nitrogens with one attached hydrogen (secondary N) is 1. The van der Waals surface area contributed by atoms with E-state index < -0.39 is 82.9 Å². The fourth-order valence-corrected chi connectivity index (χ4v) is 3.61. The van der Waals surface area contributed by atoms with E-state index in [1.54, 1.807) is 0 Å². The fourth-order valence-electron chi connectivity index (χ4n) is 2.73. The molecule has 148 valence electrons. The van der Waals surface area contributed by atoms with Gasteiger partial charge in [0.25, 0.3) is 12.9 Å². The number of halogens is 1. The fraction of sp³-hybridized carbons (Fsp3) is 0.579. The quantitative estimate of drug-likeness (QED) is 0.740. The van der Waals surface area contributed by atoms with Crippen LogP contribution in [-0.2, 0) is 0 Å². The number of aromatic nitrogens is 1. The van der Waals surface area contributed by atoms with Gasteiger partial charge in [0.05, 0.1) is 8.13 Å². The molecule has 0 aliphatic carbocycles. The summed E-state index contributed by atoms with van der Waals surface area (Å²) in [5.41, 5.74) is -2.72. The maximum atomic E-state index is 14.4.